The molecule has 0 atom stereocenters. The average Bonchev–Trinajstić information content (AvgIpc) is 2.19. The summed E-state index contributed by atoms with van der Waals surface area (Å²) in [5.74, 6) is 0.318. The summed E-state index contributed by atoms with van der Waals surface area (Å²) in [4.78, 5) is 7.44. The van der Waals surface area contributed by atoms with Crippen molar-refractivity contribution in [3.63, 3.8) is 0 Å². The minimum Gasteiger partial charge on any atom is -0.477 e. The number of hydrogen-bond acceptors (Lipinski definition) is 4. The van der Waals surface area contributed by atoms with E-state index in [0.717, 1.165) is 0 Å². The summed E-state index contributed by atoms with van der Waals surface area (Å²) in [5.41, 5.74) is 0.714. The maximum atomic E-state index is 8.39. The Bertz CT molecular complexity index is 326. The third kappa shape index (κ3) is 2.56. The molecule has 13 heavy (non-hydrogen) atoms. The number of nitrogens with zero attached hydrogens (tertiary/aromatic N) is 3. The minimum atomic E-state index is 0.318. The van der Waals surface area contributed by atoms with Gasteiger partial charge in [0.1, 0.15) is 0 Å². The largest absolute Gasteiger partial charge is 0.477 e. The Morgan fingerprint density at radius 1 is 1.77 bits per heavy atom. The number of aliphatic imine (C=N–C) groups is 1. The summed E-state index contributed by atoms with van der Waals surface area (Å²) in [7, 11) is 0. The van der Waals surface area contributed by atoms with Gasteiger partial charge < -0.3 is 4.74 Å². The van der Waals surface area contributed by atoms with Crippen molar-refractivity contribution >= 4 is 5.90 Å². The number of ether oxygens (including phenoxy) is 1. The first-order chi connectivity index (χ1) is 6.38. The molecule has 1 heterocycles. The molecule has 0 spiro atoms. The van der Waals surface area contributed by atoms with Gasteiger partial charge >= 0.3 is 0 Å². The molecule has 0 aliphatic rings. The van der Waals surface area contributed by atoms with Crippen molar-refractivity contribution in [1.82, 2.24) is 4.98 Å². The van der Waals surface area contributed by atoms with E-state index in [2.05, 4.69) is 9.98 Å². The van der Waals surface area contributed by atoms with Gasteiger partial charge in [-0.05, 0) is 19.1 Å². The smallest absolute Gasteiger partial charge is 0.233 e. The first-order valence-corrected chi connectivity index (χ1v) is 3.88. The fourth-order valence-corrected chi connectivity index (χ4v) is 0.852. The van der Waals surface area contributed by atoms with Crippen molar-refractivity contribution in [2.24, 2.45) is 4.99 Å². The van der Waals surface area contributed by atoms with Gasteiger partial charge in [0.2, 0.25) is 12.1 Å². The fourth-order valence-electron chi connectivity index (χ4n) is 0.852. The van der Waals surface area contributed by atoms with E-state index < -0.39 is 0 Å². The maximum Gasteiger partial charge on any atom is 0.233 e. The molecule has 66 valence electrons. The highest BCUT2D eigenvalue weighted by Crippen LogP contribution is 2.00. The number of hydrogen-bond donors (Lipinski definition) is 0. The summed E-state index contributed by atoms with van der Waals surface area (Å²) in [6.45, 7) is 2.32. The second kappa shape index (κ2) is 4.88. The summed E-state index contributed by atoms with van der Waals surface area (Å²) < 4.78 is 5.16. The van der Waals surface area contributed by atoms with Gasteiger partial charge in [0.15, 0.2) is 0 Å². The Balaban J connectivity index is 2.91. The molecule has 1 rings (SSSR count). The predicted octanol–water partition coefficient (Wildman–Crippen LogP) is 1.35. The van der Waals surface area contributed by atoms with E-state index >= 15 is 0 Å². The van der Waals surface area contributed by atoms with Gasteiger partial charge in [0, 0.05) is 12.4 Å². The van der Waals surface area contributed by atoms with Crippen LogP contribution in [0.3, 0.4) is 0 Å². The molecule has 0 saturated heterocycles. The normalized spacial score (nSPS) is 10.6. The van der Waals surface area contributed by atoms with E-state index in [9.17, 15) is 0 Å². The van der Waals surface area contributed by atoms with E-state index in [0.29, 0.717) is 18.1 Å². The van der Waals surface area contributed by atoms with Crippen LogP contribution in [0, 0.1) is 11.5 Å². The van der Waals surface area contributed by atoms with Gasteiger partial charge in [-0.1, -0.05) is 0 Å². The van der Waals surface area contributed by atoms with Crippen molar-refractivity contribution in [2.75, 3.05) is 6.61 Å². The highest BCUT2D eigenvalue weighted by atomic mass is 16.5. The molecular formula is C9H9N3O. The molecule has 0 radical (unpaired) electrons. The quantitative estimate of drug-likeness (QED) is 0.387. The lowest BCUT2D eigenvalue weighted by molar-refractivity contribution is 0.329. The zero-order valence-corrected chi connectivity index (χ0v) is 7.27. The lowest BCUT2D eigenvalue weighted by atomic mass is 10.3. The van der Waals surface area contributed by atoms with Crippen molar-refractivity contribution in [1.29, 1.82) is 5.26 Å². The van der Waals surface area contributed by atoms with Gasteiger partial charge in [-0.25, -0.2) is 0 Å². The number of rotatable bonds is 2. The highest BCUT2D eigenvalue weighted by Gasteiger charge is 2.02. The molecule has 0 N–H and O–H groups in total. The highest BCUT2D eigenvalue weighted by molar-refractivity contribution is 5.94. The second-order valence-corrected chi connectivity index (χ2v) is 2.19. The topological polar surface area (TPSA) is 58.3 Å². The Morgan fingerprint density at radius 2 is 2.62 bits per heavy atom. The van der Waals surface area contributed by atoms with Gasteiger partial charge in [0.25, 0.3) is 0 Å². The van der Waals surface area contributed by atoms with Crippen LogP contribution in [0.15, 0.2) is 29.5 Å². The van der Waals surface area contributed by atoms with E-state index in [4.69, 9.17) is 10.00 Å². The van der Waals surface area contributed by atoms with Crippen LogP contribution in [0.2, 0.25) is 0 Å². The first kappa shape index (κ1) is 9.20. The monoisotopic (exact) mass is 175 g/mol. The van der Waals surface area contributed by atoms with Gasteiger partial charge in [-0.15, -0.1) is 4.99 Å². The molecular weight excluding hydrogens is 166 g/mol. The summed E-state index contributed by atoms with van der Waals surface area (Å²) in [6.07, 6.45) is 4.94. The third-order valence-corrected chi connectivity index (χ3v) is 1.34. The van der Waals surface area contributed by atoms with Crippen molar-refractivity contribution < 1.29 is 4.74 Å². The number of nitriles is 1. The van der Waals surface area contributed by atoms with E-state index in [-0.39, 0.29) is 0 Å². The van der Waals surface area contributed by atoms with Crippen molar-refractivity contribution in [3.05, 3.63) is 30.1 Å². The SMILES string of the molecule is CCOC(=NC#N)c1cccnc1. The Hall–Kier alpha value is -1.89. The van der Waals surface area contributed by atoms with Crippen LogP contribution in [0.4, 0.5) is 0 Å². The van der Waals surface area contributed by atoms with Crippen molar-refractivity contribution in [2.45, 2.75) is 6.92 Å². The lowest BCUT2D eigenvalue weighted by Gasteiger charge is -2.03. The standard InChI is InChI=1S/C9H9N3O/c1-2-13-9(12-7-10)8-4-3-5-11-6-8/h3-6H,2H2,1H3. The van der Waals surface area contributed by atoms with E-state index in [1.807, 2.05) is 6.92 Å². The molecule has 0 aliphatic carbocycles. The molecule has 1 aromatic heterocycles. The van der Waals surface area contributed by atoms with Gasteiger partial charge in [-0.2, -0.15) is 5.26 Å². The molecule has 0 saturated carbocycles. The van der Waals surface area contributed by atoms with Crippen LogP contribution < -0.4 is 0 Å². The summed E-state index contributed by atoms with van der Waals surface area (Å²) in [5, 5.41) is 8.39. The first-order valence-electron chi connectivity index (χ1n) is 3.88. The molecule has 0 amide bonds. The molecule has 0 unspecified atom stereocenters. The molecule has 0 bridgehead atoms. The molecule has 4 heteroatoms. The van der Waals surface area contributed by atoms with Gasteiger partial charge in [-0.3, -0.25) is 4.98 Å². The van der Waals surface area contributed by atoms with E-state index in [1.54, 1.807) is 30.7 Å². The summed E-state index contributed by atoms with van der Waals surface area (Å²) >= 11 is 0. The van der Waals surface area contributed by atoms with Crippen LogP contribution in [0.25, 0.3) is 0 Å². The minimum absolute atomic E-state index is 0.318. The summed E-state index contributed by atoms with van der Waals surface area (Å²) in [6, 6.07) is 3.56. The Labute approximate surface area is 76.5 Å². The molecule has 1 aromatic rings. The zero-order valence-electron chi connectivity index (χ0n) is 7.27. The van der Waals surface area contributed by atoms with Crippen molar-refractivity contribution in [3.8, 4) is 6.19 Å². The maximum absolute atomic E-state index is 8.39. The second-order valence-electron chi connectivity index (χ2n) is 2.19. The zero-order chi connectivity index (χ0) is 9.52. The molecule has 4 nitrogen and oxygen atoms in total. The van der Waals surface area contributed by atoms with Crippen LogP contribution >= 0.6 is 0 Å². The fraction of sp³-hybridized carbons (Fsp3) is 0.222. The average molecular weight is 175 g/mol. The molecule has 0 aromatic carbocycles. The Morgan fingerprint density at radius 3 is 3.15 bits per heavy atom. The van der Waals surface area contributed by atoms with E-state index in [1.165, 1.54) is 0 Å². The lowest BCUT2D eigenvalue weighted by Crippen LogP contribution is -2.06. The number of pyridine rings is 1. The van der Waals surface area contributed by atoms with Crippen LogP contribution in [-0.2, 0) is 4.74 Å². The van der Waals surface area contributed by atoms with Crippen LogP contribution in [-0.4, -0.2) is 17.5 Å². The number of aromatic nitrogens is 1. The Kier molecular flexibility index (Phi) is 3.45. The molecule has 0 fully saturated rings. The van der Waals surface area contributed by atoms with Crippen LogP contribution in [0.1, 0.15) is 12.5 Å². The predicted molar refractivity (Wildman–Crippen MR) is 48.0 cm³/mol. The van der Waals surface area contributed by atoms with Crippen LogP contribution in [0.5, 0.6) is 0 Å². The molecule has 0 aliphatic heterocycles. The third-order valence-electron chi connectivity index (χ3n) is 1.34. The van der Waals surface area contributed by atoms with Gasteiger partial charge in [0.05, 0.1) is 12.2 Å².